The Balaban J connectivity index is 3.32. The van der Waals surface area contributed by atoms with E-state index in [0.29, 0.717) is 6.61 Å². The molecule has 3 nitrogen and oxygen atoms in total. The van der Waals surface area contributed by atoms with E-state index in [9.17, 15) is 4.79 Å². The van der Waals surface area contributed by atoms with Crippen LogP contribution >= 0.6 is 0 Å². The topological polar surface area (TPSA) is 35.5 Å². The van der Waals surface area contributed by atoms with Gasteiger partial charge in [0.1, 0.15) is 0 Å². The zero-order valence-corrected chi connectivity index (χ0v) is 9.57. The van der Waals surface area contributed by atoms with Crippen molar-refractivity contribution >= 4 is 15.0 Å². The Hall–Kier alpha value is -0.573. The molecule has 0 heterocycles. The van der Waals surface area contributed by atoms with E-state index >= 15 is 0 Å². The summed E-state index contributed by atoms with van der Waals surface area (Å²) in [7, 11) is -0.957. The average Bonchev–Trinajstić information content (AvgIpc) is 2.16. The maximum atomic E-state index is 9.74. The van der Waals surface area contributed by atoms with Crippen LogP contribution in [-0.4, -0.2) is 28.2 Å². The third-order valence-electron chi connectivity index (χ3n) is 1.78. The summed E-state index contributed by atoms with van der Waals surface area (Å²) in [5.41, 5.74) is 0. The fraction of sp³-hybridized carbons (Fsp3) is 0.778. The molecule has 0 bridgehead atoms. The Bertz CT molecular complexity index is 155. The Kier molecular flexibility index (Phi) is 9.09. The maximum absolute atomic E-state index is 9.74. The molecular formula is C9H18O3Si. The van der Waals surface area contributed by atoms with Gasteiger partial charge in [0.15, 0.2) is 21.2 Å². The summed E-state index contributed by atoms with van der Waals surface area (Å²) in [4.78, 5) is 9.74. The number of hydrogen-bond donors (Lipinski definition) is 0. The van der Waals surface area contributed by atoms with Gasteiger partial charge < -0.3 is 9.16 Å². The first-order chi connectivity index (χ1) is 6.35. The largest absolute Gasteiger partial charge is 0.490 e. The lowest BCUT2D eigenvalue weighted by Gasteiger charge is -2.11. The summed E-state index contributed by atoms with van der Waals surface area (Å²) in [5, 5.41) is 0. The SMILES string of the molecule is CCO[SiH](CC)CCCOC=C=O. The van der Waals surface area contributed by atoms with Crippen molar-refractivity contribution in [1.82, 2.24) is 0 Å². The quantitative estimate of drug-likeness (QED) is 0.259. The van der Waals surface area contributed by atoms with Gasteiger partial charge in [-0.2, -0.15) is 0 Å². The van der Waals surface area contributed by atoms with Crippen LogP contribution in [0.4, 0.5) is 0 Å². The molecule has 0 saturated carbocycles. The summed E-state index contributed by atoms with van der Waals surface area (Å²) < 4.78 is 10.5. The van der Waals surface area contributed by atoms with Crippen LogP contribution in [0.5, 0.6) is 0 Å². The normalized spacial score (nSPS) is 11.8. The zero-order valence-electron chi connectivity index (χ0n) is 8.41. The molecule has 0 rings (SSSR count). The molecule has 1 unspecified atom stereocenters. The van der Waals surface area contributed by atoms with Gasteiger partial charge in [-0.05, 0) is 25.4 Å². The smallest absolute Gasteiger partial charge is 0.176 e. The highest BCUT2D eigenvalue weighted by molar-refractivity contribution is 6.51. The van der Waals surface area contributed by atoms with E-state index in [4.69, 9.17) is 9.16 Å². The third kappa shape index (κ3) is 7.78. The molecule has 0 aliphatic carbocycles. The highest BCUT2D eigenvalue weighted by Gasteiger charge is 2.07. The van der Waals surface area contributed by atoms with E-state index in [2.05, 4.69) is 6.92 Å². The van der Waals surface area contributed by atoms with Crippen molar-refractivity contribution < 1.29 is 14.0 Å². The molecule has 76 valence electrons. The molecule has 0 aromatic rings. The molecule has 0 aliphatic rings. The molecule has 0 spiro atoms. The number of carbonyl (C=O) groups excluding carboxylic acids is 1. The van der Waals surface area contributed by atoms with Crippen molar-refractivity contribution in [3.63, 3.8) is 0 Å². The maximum Gasteiger partial charge on any atom is 0.176 e. The predicted molar refractivity (Wildman–Crippen MR) is 54.9 cm³/mol. The molecule has 0 radical (unpaired) electrons. The first-order valence-corrected chi connectivity index (χ1v) is 6.88. The van der Waals surface area contributed by atoms with Crippen LogP contribution in [0.3, 0.4) is 0 Å². The summed E-state index contributed by atoms with van der Waals surface area (Å²) in [6, 6.07) is 2.29. The molecule has 0 aromatic carbocycles. The van der Waals surface area contributed by atoms with Gasteiger partial charge in [-0.1, -0.05) is 6.92 Å². The van der Waals surface area contributed by atoms with Crippen LogP contribution in [-0.2, 0) is 14.0 Å². The first-order valence-electron chi connectivity index (χ1n) is 4.77. The highest BCUT2D eigenvalue weighted by atomic mass is 28.3. The van der Waals surface area contributed by atoms with Gasteiger partial charge in [-0.25, -0.2) is 4.79 Å². The molecule has 4 heteroatoms. The Labute approximate surface area is 81.5 Å². The first kappa shape index (κ1) is 12.4. The molecule has 0 amide bonds. The molecule has 0 N–H and O–H groups in total. The van der Waals surface area contributed by atoms with E-state index in [1.807, 2.05) is 6.92 Å². The van der Waals surface area contributed by atoms with Gasteiger partial charge >= 0.3 is 0 Å². The van der Waals surface area contributed by atoms with E-state index in [0.717, 1.165) is 31.4 Å². The fourth-order valence-electron chi connectivity index (χ4n) is 1.13. The van der Waals surface area contributed by atoms with Crippen molar-refractivity contribution in [3.8, 4) is 0 Å². The molecule has 0 saturated heterocycles. The fourth-order valence-corrected chi connectivity index (χ4v) is 3.03. The second-order valence-electron chi connectivity index (χ2n) is 2.73. The van der Waals surface area contributed by atoms with Crippen molar-refractivity contribution in [2.45, 2.75) is 32.4 Å². The summed E-state index contributed by atoms with van der Waals surface area (Å²) in [6.07, 6.45) is 2.05. The van der Waals surface area contributed by atoms with Gasteiger partial charge in [0.2, 0.25) is 0 Å². The van der Waals surface area contributed by atoms with Crippen molar-refractivity contribution in [3.05, 3.63) is 6.26 Å². The average molecular weight is 202 g/mol. The zero-order chi connectivity index (χ0) is 9.94. The molecule has 1 atom stereocenters. The number of hydrogen-bond acceptors (Lipinski definition) is 3. The van der Waals surface area contributed by atoms with Crippen LogP contribution in [0.2, 0.25) is 12.1 Å². The second kappa shape index (κ2) is 9.51. The Morgan fingerprint density at radius 3 is 2.77 bits per heavy atom. The van der Waals surface area contributed by atoms with Gasteiger partial charge in [-0.3, -0.25) is 0 Å². The summed E-state index contributed by atoms with van der Waals surface area (Å²) >= 11 is 0. The summed E-state index contributed by atoms with van der Waals surface area (Å²) in [6.45, 7) is 5.62. The van der Waals surface area contributed by atoms with Crippen LogP contribution in [0, 0.1) is 0 Å². The summed E-state index contributed by atoms with van der Waals surface area (Å²) in [5.74, 6) is 1.58. The van der Waals surface area contributed by atoms with E-state index < -0.39 is 9.04 Å². The van der Waals surface area contributed by atoms with Crippen molar-refractivity contribution in [2.75, 3.05) is 13.2 Å². The van der Waals surface area contributed by atoms with Crippen molar-refractivity contribution in [2.24, 2.45) is 0 Å². The Morgan fingerprint density at radius 1 is 1.46 bits per heavy atom. The molecule has 13 heavy (non-hydrogen) atoms. The van der Waals surface area contributed by atoms with Crippen LogP contribution < -0.4 is 0 Å². The number of rotatable bonds is 8. The molecule has 0 aliphatic heterocycles. The minimum absolute atomic E-state index is 0.603. The van der Waals surface area contributed by atoms with Gasteiger partial charge in [0.25, 0.3) is 0 Å². The lowest BCUT2D eigenvalue weighted by atomic mass is 10.5. The van der Waals surface area contributed by atoms with Gasteiger partial charge in [0.05, 0.1) is 6.61 Å². The van der Waals surface area contributed by atoms with E-state index in [1.54, 1.807) is 5.94 Å². The van der Waals surface area contributed by atoms with Gasteiger partial charge in [-0.15, -0.1) is 0 Å². The molecule has 0 fully saturated rings. The highest BCUT2D eigenvalue weighted by Crippen LogP contribution is 2.04. The predicted octanol–water partition coefficient (Wildman–Crippen LogP) is 1.52. The van der Waals surface area contributed by atoms with E-state index in [-0.39, 0.29) is 0 Å². The van der Waals surface area contributed by atoms with Crippen LogP contribution in [0.15, 0.2) is 6.26 Å². The minimum Gasteiger partial charge on any atom is -0.490 e. The lowest BCUT2D eigenvalue weighted by Crippen LogP contribution is -2.16. The third-order valence-corrected chi connectivity index (χ3v) is 4.55. The minimum atomic E-state index is -0.957. The second-order valence-corrected chi connectivity index (χ2v) is 5.71. The lowest BCUT2D eigenvalue weighted by molar-refractivity contribution is 0.249. The van der Waals surface area contributed by atoms with Crippen LogP contribution in [0.1, 0.15) is 20.3 Å². The number of ether oxygens (including phenoxy) is 1. The van der Waals surface area contributed by atoms with Crippen LogP contribution in [0.25, 0.3) is 0 Å². The van der Waals surface area contributed by atoms with Gasteiger partial charge in [0, 0.05) is 6.61 Å². The molecular weight excluding hydrogens is 184 g/mol. The van der Waals surface area contributed by atoms with Crippen molar-refractivity contribution in [1.29, 1.82) is 0 Å². The Morgan fingerprint density at radius 2 is 2.23 bits per heavy atom. The monoisotopic (exact) mass is 202 g/mol. The standard InChI is InChI=1S/C9H18O3Si/c1-3-12-13(4-2)9-5-7-11-8-6-10/h8,13H,3-5,7,9H2,1-2H3. The van der Waals surface area contributed by atoms with E-state index in [1.165, 1.54) is 0 Å². The molecule has 0 aromatic heterocycles.